The topological polar surface area (TPSA) is 94.0 Å². The van der Waals surface area contributed by atoms with Gasteiger partial charge >= 0.3 is 0 Å². The summed E-state index contributed by atoms with van der Waals surface area (Å²) in [7, 11) is 0. The van der Waals surface area contributed by atoms with Crippen molar-refractivity contribution >= 4 is 5.91 Å². The number of rotatable bonds is 5. The minimum absolute atomic E-state index is 0.366. The third-order valence-corrected chi connectivity index (χ3v) is 2.46. The van der Waals surface area contributed by atoms with E-state index in [9.17, 15) is 4.79 Å². The van der Waals surface area contributed by atoms with Crippen LogP contribution in [0.25, 0.3) is 0 Å². The van der Waals surface area contributed by atoms with Crippen LogP contribution in [-0.2, 0) is 11.3 Å². The molecule has 1 unspecified atom stereocenters. The molecule has 0 aliphatic heterocycles. The molecule has 84 valence electrons. The van der Waals surface area contributed by atoms with Crippen LogP contribution in [0.3, 0.4) is 0 Å². The van der Waals surface area contributed by atoms with Gasteiger partial charge < -0.3 is 10.3 Å². The van der Waals surface area contributed by atoms with Crippen molar-refractivity contribution in [2.24, 2.45) is 5.73 Å². The lowest BCUT2D eigenvalue weighted by Gasteiger charge is -2.24. The summed E-state index contributed by atoms with van der Waals surface area (Å²) in [5.74, 6) is 0.641. The molecule has 0 bridgehead atoms. The van der Waals surface area contributed by atoms with Crippen molar-refractivity contribution in [3.8, 4) is 0 Å². The van der Waals surface area contributed by atoms with Gasteiger partial charge in [0.2, 0.25) is 11.8 Å². The molecule has 3 N–H and O–H groups in total. The van der Waals surface area contributed by atoms with Crippen molar-refractivity contribution in [2.75, 3.05) is 0 Å². The van der Waals surface area contributed by atoms with Crippen molar-refractivity contribution in [1.29, 1.82) is 0 Å². The fourth-order valence-electron chi connectivity index (χ4n) is 1.07. The Morgan fingerprint density at radius 1 is 1.67 bits per heavy atom. The molecule has 1 rings (SSSR count). The lowest BCUT2D eigenvalue weighted by atomic mass is 9.98. The first-order valence-electron chi connectivity index (χ1n) is 4.82. The van der Waals surface area contributed by atoms with E-state index in [4.69, 9.17) is 10.3 Å². The summed E-state index contributed by atoms with van der Waals surface area (Å²) in [6, 6.07) is 0. The van der Waals surface area contributed by atoms with Gasteiger partial charge in [0, 0.05) is 6.92 Å². The average molecular weight is 212 g/mol. The summed E-state index contributed by atoms with van der Waals surface area (Å²) in [5, 5.41) is 6.73. The highest BCUT2D eigenvalue weighted by Crippen LogP contribution is 2.09. The van der Waals surface area contributed by atoms with Crippen molar-refractivity contribution in [1.82, 2.24) is 15.5 Å². The van der Waals surface area contributed by atoms with Gasteiger partial charge in [-0.3, -0.25) is 10.1 Å². The van der Waals surface area contributed by atoms with Crippen molar-refractivity contribution < 1.29 is 9.32 Å². The van der Waals surface area contributed by atoms with Crippen LogP contribution < -0.4 is 11.1 Å². The van der Waals surface area contributed by atoms with Gasteiger partial charge in [0.05, 0.1) is 12.1 Å². The molecule has 6 nitrogen and oxygen atoms in total. The number of primary amides is 1. The van der Waals surface area contributed by atoms with Crippen LogP contribution in [0.2, 0.25) is 0 Å². The molecule has 15 heavy (non-hydrogen) atoms. The zero-order valence-electron chi connectivity index (χ0n) is 9.20. The standard InChI is InChI=1S/C9H16N4O2/c1-4-9(3,8(10)14)11-5-7-12-6(2)15-13-7/h11H,4-5H2,1-3H3,(H2,10,14). The fourth-order valence-corrected chi connectivity index (χ4v) is 1.07. The Bertz CT molecular complexity index is 350. The van der Waals surface area contributed by atoms with Crippen LogP contribution in [0.15, 0.2) is 4.52 Å². The highest BCUT2D eigenvalue weighted by atomic mass is 16.5. The first kappa shape index (κ1) is 11.6. The number of nitrogens with one attached hydrogen (secondary N) is 1. The Labute approximate surface area is 88.2 Å². The van der Waals surface area contributed by atoms with Crippen molar-refractivity contribution in [2.45, 2.75) is 39.3 Å². The van der Waals surface area contributed by atoms with Crippen molar-refractivity contribution in [3.05, 3.63) is 11.7 Å². The normalized spacial score (nSPS) is 14.9. The Kier molecular flexibility index (Phi) is 3.41. The van der Waals surface area contributed by atoms with Gasteiger partial charge in [-0.2, -0.15) is 4.98 Å². The summed E-state index contributed by atoms with van der Waals surface area (Å²) in [6.07, 6.45) is 0.610. The quantitative estimate of drug-likeness (QED) is 0.723. The van der Waals surface area contributed by atoms with E-state index in [1.165, 1.54) is 0 Å². The van der Waals surface area contributed by atoms with E-state index in [0.29, 0.717) is 24.7 Å². The van der Waals surface area contributed by atoms with Crippen LogP contribution in [0, 0.1) is 6.92 Å². The minimum atomic E-state index is -0.728. The van der Waals surface area contributed by atoms with Crippen LogP contribution in [0.4, 0.5) is 0 Å². The Hall–Kier alpha value is -1.43. The number of nitrogens with two attached hydrogens (primary N) is 1. The van der Waals surface area contributed by atoms with Gasteiger partial charge in [-0.1, -0.05) is 12.1 Å². The minimum Gasteiger partial charge on any atom is -0.368 e. The summed E-state index contributed by atoms with van der Waals surface area (Å²) in [5.41, 5.74) is 4.56. The molecule has 0 fully saturated rings. The van der Waals surface area contributed by atoms with Crippen LogP contribution in [-0.4, -0.2) is 21.6 Å². The summed E-state index contributed by atoms with van der Waals surface area (Å²) in [4.78, 5) is 15.2. The number of hydrogen-bond acceptors (Lipinski definition) is 5. The maximum absolute atomic E-state index is 11.2. The van der Waals surface area contributed by atoms with Gasteiger partial charge in [-0.05, 0) is 13.3 Å². The second-order valence-corrected chi connectivity index (χ2v) is 3.63. The van der Waals surface area contributed by atoms with E-state index in [0.717, 1.165) is 0 Å². The van der Waals surface area contributed by atoms with E-state index in [-0.39, 0.29) is 5.91 Å². The van der Waals surface area contributed by atoms with Gasteiger partial charge in [0.25, 0.3) is 0 Å². The predicted molar refractivity (Wildman–Crippen MR) is 53.8 cm³/mol. The van der Waals surface area contributed by atoms with E-state index in [2.05, 4.69) is 15.5 Å². The highest BCUT2D eigenvalue weighted by Gasteiger charge is 2.28. The summed E-state index contributed by atoms with van der Waals surface area (Å²) in [6.45, 7) is 5.72. The summed E-state index contributed by atoms with van der Waals surface area (Å²) >= 11 is 0. The lowest BCUT2D eigenvalue weighted by molar-refractivity contribution is -0.124. The lowest BCUT2D eigenvalue weighted by Crippen LogP contribution is -2.52. The molecule has 6 heteroatoms. The van der Waals surface area contributed by atoms with E-state index in [1.54, 1.807) is 13.8 Å². The number of carbonyl (C=O) groups is 1. The predicted octanol–water partition coefficient (Wildman–Crippen LogP) is 0.122. The average Bonchev–Trinajstić information content (AvgIpc) is 2.60. The number of nitrogens with zero attached hydrogens (tertiary/aromatic N) is 2. The van der Waals surface area contributed by atoms with Gasteiger partial charge in [0.15, 0.2) is 5.82 Å². The zero-order chi connectivity index (χ0) is 11.5. The number of hydrogen-bond donors (Lipinski definition) is 2. The molecule has 0 aromatic carbocycles. The second kappa shape index (κ2) is 4.39. The molecule has 0 radical (unpaired) electrons. The first-order chi connectivity index (χ1) is 6.98. The Morgan fingerprint density at radius 2 is 2.33 bits per heavy atom. The molecule has 1 amide bonds. The van der Waals surface area contributed by atoms with E-state index in [1.807, 2.05) is 6.92 Å². The van der Waals surface area contributed by atoms with Gasteiger partial charge in [0.1, 0.15) is 0 Å². The maximum atomic E-state index is 11.2. The first-order valence-corrected chi connectivity index (χ1v) is 4.82. The van der Waals surface area contributed by atoms with Gasteiger partial charge in [-0.25, -0.2) is 0 Å². The third-order valence-electron chi connectivity index (χ3n) is 2.46. The molecular formula is C9H16N4O2. The number of aryl methyl sites for hydroxylation is 1. The van der Waals surface area contributed by atoms with Crippen LogP contribution in [0.1, 0.15) is 32.0 Å². The molecule has 1 aromatic rings. The number of carbonyl (C=O) groups excluding carboxylic acids is 1. The molecule has 1 heterocycles. The van der Waals surface area contributed by atoms with E-state index < -0.39 is 5.54 Å². The fraction of sp³-hybridized carbons (Fsp3) is 0.667. The third kappa shape index (κ3) is 2.76. The molecular weight excluding hydrogens is 196 g/mol. The molecule has 0 saturated heterocycles. The SMILES string of the molecule is CCC(C)(NCc1noc(C)n1)C(N)=O. The maximum Gasteiger partial charge on any atom is 0.237 e. The Balaban J connectivity index is 2.59. The largest absolute Gasteiger partial charge is 0.368 e. The monoisotopic (exact) mass is 212 g/mol. The highest BCUT2D eigenvalue weighted by molar-refractivity contribution is 5.84. The number of amides is 1. The molecule has 0 aliphatic carbocycles. The second-order valence-electron chi connectivity index (χ2n) is 3.63. The molecule has 1 atom stereocenters. The van der Waals surface area contributed by atoms with E-state index >= 15 is 0 Å². The number of aromatic nitrogens is 2. The molecule has 0 saturated carbocycles. The van der Waals surface area contributed by atoms with Crippen LogP contribution >= 0.6 is 0 Å². The molecule has 1 aromatic heterocycles. The van der Waals surface area contributed by atoms with Crippen LogP contribution in [0.5, 0.6) is 0 Å². The van der Waals surface area contributed by atoms with Gasteiger partial charge in [-0.15, -0.1) is 0 Å². The summed E-state index contributed by atoms with van der Waals surface area (Å²) < 4.78 is 4.81. The molecule has 0 aliphatic rings. The Morgan fingerprint density at radius 3 is 2.73 bits per heavy atom. The van der Waals surface area contributed by atoms with Crippen molar-refractivity contribution in [3.63, 3.8) is 0 Å². The zero-order valence-corrected chi connectivity index (χ0v) is 9.20. The smallest absolute Gasteiger partial charge is 0.237 e. The molecule has 0 spiro atoms.